The van der Waals surface area contributed by atoms with Crippen LogP contribution >= 0.6 is 0 Å². The first-order valence-corrected chi connectivity index (χ1v) is 17.9. The molecule has 0 radical (unpaired) electrons. The molecule has 270 valence electrons. The van der Waals surface area contributed by atoms with E-state index in [2.05, 4.69) is 21.3 Å². The van der Waals surface area contributed by atoms with E-state index in [4.69, 9.17) is 14.6 Å². The number of carbonyl (C=O) groups is 2. The Morgan fingerprint density at radius 2 is 1.58 bits per heavy atom. The first-order valence-electron chi connectivity index (χ1n) is 17.9. The van der Waals surface area contributed by atoms with Crippen molar-refractivity contribution in [3.05, 3.63) is 130 Å². The summed E-state index contributed by atoms with van der Waals surface area (Å²) >= 11 is 0. The van der Waals surface area contributed by atoms with Crippen molar-refractivity contribution in [1.82, 2.24) is 19.8 Å². The fourth-order valence-corrected chi connectivity index (χ4v) is 7.35. The van der Waals surface area contributed by atoms with Gasteiger partial charge in [-0.1, -0.05) is 72.8 Å². The van der Waals surface area contributed by atoms with Gasteiger partial charge in [-0.2, -0.15) is 0 Å². The Balaban J connectivity index is 1.06. The van der Waals surface area contributed by atoms with Gasteiger partial charge in [0, 0.05) is 50.6 Å². The molecule has 2 aliphatic heterocycles. The first-order chi connectivity index (χ1) is 25.3. The Hall–Kier alpha value is -5.07. The van der Waals surface area contributed by atoms with Crippen LogP contribution in [0.15, 0.2) is 102 Å². The number of nitrogens with zero attached hydrogens (tertiary/aromatic N) is 2. The molecule has 5 aromatic rings. The highest BCUT2D eigenvalue weighted by Gasteiger charge is 2.34. The largest absolute Gasteiger partial charge is 0.481 e. The minimum atomic E-state index is -0.999. The van der Waals surface area contributed by atoms with Crippen LogP contribution in [0.1, 0.15) is 72.8 Å². The van der Waals surface area contributed by atoms with Crippen LogP contribution < -0.4 is 11.0 Å². The number of aliphatic carboxylic acids is 1. The number of carboxylic acids is 1. The number of fused-ring (bicyclic) bond motifs is 1. The summed E-state index contributed by atoms with van der Waals surface area (Å²) in [7, 11) is 0. The second kappa shape index (κ2) is 16.1. The number of likely N-dealkylation sites (tertiary alicyclic amines) is 1. The lowest BCUT2D eigenvalue weighted by atomic mass is 9.97. The Morgan fingerprint density at radius 1 is 0.827 bits per heavy atom. The van der Waals surface area contributed by atoms with Crippen molar-refractivity contribution >= 4 is 22.9 Å². The van der Waals surface area contributed by atoms with Gasteiger partial charge in [0.15, 0.2) is 6.29 Å². The lowest BCUT2D eigenvalue weighted by Gasteiger charge is -2.40. The van der Waals surface area contributed by atoms with Gasteiger partial charge in [0.05, 0.1) is 36.3 Å². The van der Waals surface area contributed by atoms with Gasteiger partial charge in [-0.15, -0.1) is 0 Å². The number of aromatic nitrogens is 2. The van der Waals surface area contributed by atoms with Crippen LogP contribution in [0.2, 0.25) is 0 Å². The first kappa shape index (κ1) is 35.3. The Labute approximate surface area is 301 Å². The molecule has 3 atom stereocenters. The number of aliphatic hydroxyl groups excluding tert-OH is 1. The number of aromatic amines is 1. The molecule has 2 aliphatic rings. The number of rotatable bonds is 12. The molecule has 4 N–H and O–H groups in total. The minimum absolute atomic E-state index is 0.0219. The van der Waals surface area contributed by atoms with Gasteiger partial charge >= 0.3 is 11.7 Å². The van der Waals surface area contributed by atoms with Gasteiger partial charge in [0.1, 0.15) is 0 Å². The molecule has 11 heteroatoms. The fraction of sp³-hybridized carbons (Fsp3) is 0.341. The number of piperidine rings is 1. The molecule has 0 unspecified atom stereocenters. The average Bonchev–Trinajstić information content (AvgIpc) is 3.52. The van der Waals surface area contributed by atoms with Gasteiger partial charge in [-0.3, -0.25) is 14.2 Å². The number of H-pyrrole nitrogens is 1. The quantitative estimate of drug-likeness (QED) is 0.127. The number of amides is 1. The van der Waals surface area contributed by atoms with Gasteiger partial charge in [0.25, 0.3) is 0 Å². The summed E-state index contributed by atoms with van der Waals surface area (Å²) in [5.74, 6) is -1.30. The number of benzene rings is 4. The smallest absolute Gasteiger partial charge is 0.326 e. The van der Waals surface area contributed by atoms with E-state index in [1.807, 2.05) is 95.6 Å². The Kier molecular flexibility index (Phi) is 10.9. The molecule has 0 aliphatic carbocycles. The maximum Gasteiger partial charge on any atom is 0.326 e. The van der Waals surface area contributed by atoms with E-state index in [0.29, 0.717) is 13.0 Å². The lowest BCUT2D eigenvalue weighted by Crippen LogP contribution is -2.43. The van der Waals surface area contributed by atoms with Crippen LogP contribution in [-0.4, -0.2) is 62.3 Å². The van der Waals surface area contributed by atoms with Crippen LogP contribution in [0.3, 0.4) is 0 Å². The predicted molar refractivity (Wildman–Crippen MR) is 196 cm³/mol. The van der Waals surface area contributed by atoms with Crippen LogP contribution in [0.5, 0.6) is 0 Å². The molecule has 4 aromatic carbocycles. The zero-order valence-corrected chi connectivity index (χ0v) is 28.9. The maximum absolute atomic E-state index is 12.9. The number of hydrogen-bond acceptors (Lipinski definition) is 7. The van der Waals surface area contributed by atoms with E-state index in [0.717, 1.165) is 76.9 Å². The van der Waals surface area contributed by atoms with Crippen LogP contribution in [0.4, 0.5) is 0 Å². The van der Waals surface area contributed by atoms with Crippen LogP contribution in [-0.2, 0) is 32.2 Å². The summed E-state index contributed by atoms with van der Waals surface area (Å²) in [5, 5.41) is 21.3. The molecule has 3 heterocycles. The summed E-state index contributed by atoms with van der Waals surface area (Å²) in [4.78, 5) is 41.2. The number of carboxylic acid groups (broad SMARTS) is 1. The molecular weight excluding hydrogens is 660 g/mol. The summed E-state index contributed by atoms with van der Waals surface area (Å²) in [5.41, 5.74) is 7.38. The van der Waals surface area contributed by atoms with E-state index >= 15 is 0 Å². The lowest BCUT2D eigenvalue weighted by molar-refractivity contribution is -0.253. The zero-order valence-electron chi connectivity index (χ0n) is 28.9. The molecule has 0 spiro atoms. The van der Waals surface area contributed by atoms with E-state index in [-0.39, 0.29) is 49.3 Å². The molecule has 1 amide bonds. The molecule has 7 rings (SSSR count). The van der Waals surface area contributed by atoms with Crippen molar-refractivity contribution in [2.24, 2.45) is 0 Å². The zero-order chi connectivity index (χ0) is 36.0. The van der Waals surface area contributed by atoms with Crippen molar-refractivity contribution in [2.75, 3.05) is 19.6 Å². The third-order valence-corrected chi connectivity index (χ3v) is 10.1. The van der Waals surface area contributed by atoms with Crippen molar-refractivity contribution in [3.8, 4) is 11.1 Å². The summed E-state index contributed by atoms with van der Waals surface area (Å²) < 4.78 is 15.3. The van der Waals surface area contributed by atoms with E-state index in [9.17, 15) is 19.5 Å². The van der Waals surface area contributed by atoms with Crippen molar-refractivity contribution in [3.63, 3.8) is 0 Å². The number of aliphatic hydroxyl groups is 1. The van der Waals surface area contributed by atoms with Gasteiger partial charge in [-0.05, 0) is 64.9 Å². The molecule has 2 saturated heterocycles. The Morgan fingerprint density at radius 3 is 2.35 bits per heavy atom. The second-order valence-electron chi connectivity index (χ2n) is 13.7. The number of carbonyl (C=O) groups excluding carboxylic acids is 1. The molecule has 52 heavy (non-hydrogen) atoms. The highest BCUT2D eigenvalue weighted by molar-refractivity contribution is 5.80. The normalized spacial score (nSPS) is 19.8. The van der Waals surface area contributed by atoms with E-state index < -0.39 is 12.3 Å². The predicted octanol–water partition coefficient (Wildman–Crippen LogP) is 5.85. The number of nitrogens with one attached hydrogen (secondary N) is 2. The maximum atomic E-state index is 12.9. The molecule has 2 fully saturated rings. The van der Waals surface area contributed by atoms with Crippen molar-refractivity contribution in [2.45, 2.75) is 69.8 Å². The molecule has 0 saturated carbocycles. The standard InChI is InChI=1S/C41H44N4O7/c46-26-27-11-13-29(14-12-27)37-23-34(25-44-19-17-33(18-20-44)45-36-10-2-1-9-35(36)43-41(45)50)51-40(52-37)32-8-4-7-31(22-32)30-6-3-5-28(21-30)24-42-38(47)15-16-39(48)49/h1-14,21-22,33-34,37,40,46H,15-20,23-26H2,(H,42,47)(H,43,50)(H,48,49)/t34-,37+,40+/m0/s1. The molecular formula is C41H44N4O7. The average molecular weight is 705 g/mol. The summed E-state index contributed by atoms with van der Waals surface area (Å²) in [6, 6.07) is 31.9. The monoisotopic (exact) mass is 704 g/mol. The van der Waals surface area contributed by atoms with Crippen molar-refractivity contribution in [1.29, 1.82) is 0 Å². The SMILES string of the molecule is O=C(O)CCC(=O)NCc1cccc(-c2cccc([C@@H]3O[C@H](CN4CCC(n5c(=O)[nH]c6ccccc65)CC4)C[C@H](c4ccc(CO)cc4)O3)c2)c1. The third-order valence-electron chi connectivity index (χ3n) is 10.1. The van der Waals surface area contributed by atoms with E-state index in [1.165, 1.54) is 0 Å². The minimum Gasteiger partial charge on any atom is -0.481 e. The van der Waals surface area contributed by atoms with E-state index in [1.54, 1.807) is 0 Å². The van der Waals surface area contributed by atoms with Crippen LogP contribution in [0, 0.1) is 0 Å². The van der Waals surface area contributed by atoms with Gasteiger partial charge in [-0.25, -0.2) is 4.79 Å². The van der Waals surface area contributed by atoms with Crippen molar-refractivity contribution < 1.29 is 29.3 Å². The highest BCUT2D eigenvalue weighted by Crippen LogP contribution is 2.39. The van der Waals surface area contributed by atoms with Crippen LogP contribution in [0.25, 0.3) is 22.2 Å². The van der Waals surface area contributed by atoms with Gasteiger partial charge in [0.2, 0.25) is 5.91 Å². The summed E-state index contributed by atoms with van der Waals surface area (Å²) in [6.07, 6.45) is 1.22. The van der Waals surface area contributed by atoms with Gasteiger partial charge < -0.3 is 34.9 Å². The highest BCUT2D eigenvalue weighted by atomic mass is 16.7. The number of para-hydroxylation sites is 2. The Bertz CT molecular complexity index is 2070. The second-order valence-corrected chi connectivity index (χ2v) is 13.7. The molecule has 11 nitrogen and oxygen atoms in total. The number of hydrogen-bond donors (Lipinski definition) is 4. The summed E-state index contributed by atoms with van der Waals surface area (Å²) in [6.45, 7) is 2.72. The fourth-order valence-electron chi connectivity index (χ4n) is 7.35. The number of imidazole rings is 1. The molecule has 1 aromatic heterocycles. The molecule has 0 bridgehead atoms. The third kappa shape index (κ3) is 8.35. The number of ether oxygens (including phenoxy) is 2. The topological polar surface area (TPSA) is 146 Å².